The van der Waals surface area contributed by atoms with Gasteiger partial charge in [-0.15, -0.1) is 0 Å². The zero-order chi connectivity index (χ0) is 18.9. The third kappa shape index (κ3) is 3.96. The van der Waals surface area contributed by atoms with Crippen LogP contribution in [-0.4, -0.2) is 61.7 Å². The fraction of sp³-hybridized carbons (Fsp3) is 0.667. The molecule has 3 rings (SSSR count). The molecule has 1 aromatic rings. The van der Waals surface area contributed by atoms with E-state index in [4.69, 9.17) is 4.74 Å². The van der Waals surface area contributed by atoms with Gasteiger partial charge in [-0.1, -0.05) is 0 Å². The molecule has 2 fully saturated rings. The Morgan fingerprint density at radius 2 is 1.92 bits per heavy atom. The number of piperidine rings is 1. The number of rotatable bonds is 6. The predicted octanol–water partition coefficient (Wildman–Crippen LogP) is 3.70. The first-order valence-electron chi connectivity index (χ1n) is 9.86. The molecule has 144 valence electrons. The second kappa shape index (κ2) is 8.17. The Kier molecular flexibility index (Phi) is 6.32. The standard InChI is InChI=1S/C18H23FNO2.3CH3.Sn/c1-22-18(21)17-15(13-6-3-2-4-7-13)12-14-8-9-16(17)20(14)11-5-10-19;;;;/h3-4,6-7,14-17H,5,8-12H2,1H3;3*1H3;/t14-,15+,16+,17-;;;;/m0..../s1. The van der Waals surface area contributed by atoms with E-state index >= 15 is 0 Å². The number of carbonyl (C=O) groups is 1. The maximum atomic E-state index is 12.7. The van der Waals surface area contributed by atoms with Crippen molar-refractivity contribution in [3.63, 3.8) is 0 Å². The van der Waals surface area contributed by atoms with Gasteiger partial charge in [-0.05, 0) is 0 Å². The van der Waals surface area contributed by atoms with E-state index in [9.17, 15) is 9.18 Å². The fourth-order valence-electron chi connectivity index (χ4n) is 4.93. The minimum atomic E-state index is -2.07. The fourth-order valence-corrected chi connectivity index (χ4v) is 8.26. The van der Waals surface area contributed by atoms with E-state index in [-0.39, 0.29) is 30.5 Å². The van der Waals surface area contributed by atoms with Gasteiger partial charge in [-0.2, -0.15) is 0 Å². The Morgan fingerprint density at radius 1 is 1.23 bits per heavy atom. The maximum absolute atomic E-state index is 12.7. The van der Waals surface area contributed by atoms with Crippen LogP contribution in [0.25, 0.3) is 0 Å². The van der Waals surface area contributed by atoms with Crippen LogP contribution in [0.2, 0.25) is 14.8 Å². The monoisotopic (exact) mass is 469 g/mol. The molecule has 0 unspecified atom stereocenters. The van der Waals surface area contributed by atoms with Crippen molar-refractivity contribution >= 4 is 27.9 Å². The van der Waals surface area contributed by atoms with Crippen LogP contribution >= 0.6 is 0 Å². The van der Waals surface area contributed by atoms with E-state index in [0.29, 0.717) is 12.5 Å². The van der Waals surface area contributed by atoms with Crippen LogP contribution in [0.1, 0.15) is 37.2 Å². The van der Waals surface area contributed by atoms with Gasteiger partial charge in [0.15, 0.2) is 0 Å². The number of ether oxygens (including phenoxy) is 1. The summed E-state index contributed by atoms with van der Waals surface area (Å²) in [5, 5.41) is 0. The second-order valence-corrected chi connectivity index (χ2v) is 23.3. The summed E-state index contributed by atoms with van der Waals surface area (Å²) in [4.78, 5) is 22.3. The molecule has 5 heteroatoms. The number of carbonyl (C=O) groups excluding carboxylic acids is 1. The quantitative estimate of drug-likeness (QED) is 0.472. The van der Waals surface area contributed by atoms with E-state index in [1.165, 1.54) is 16.3 Å². The summed E-state index contributed by atoms with van der Waals surface area (Å²) in [6.45, 7) is 0.464. The molecule has 0 amide bonds. The third-order valence-electron chi connectivity index (χ3n) is 6.29. The summed E-state index contributed by atoms with van der Waals surface area (Å²) in [5.41, 5.74) is 1.27. The number of methoxy groups -OCH3 is 1. The van der Waals surface area contributed by atoms with Gasteiger partial charge < -0.3 is 0 Å². The molecule has 0 N–H and O–H groups in total. The van der Waals surface area contributed by atoms with Gasteiger partial charge in [0.25, 0.3) is 0 Å². The molecule has 2 bridgehead atoms. The van der Waals surface area contributed by atoms with E-state index in [1.54, 1.807) is 0 Å². The number of halogens is 1. The van der Waals surface area contributed by atoms with Crippen LogP contribution in [-0.2, 0) is 9.53 Å². The molecule has 0 saturated carbocycles. The van der Waals surface area contributed by atoms with Gasteiger partial charge in [0.05, 0.1) is 0 Å². The molecule has 4 atom stereocenters. The third-order valence-corrected chi connectivity index (χ3v) is 12.2. The number of alkyl halides is 1. The number of esters is 1. The van der Waals surface area contributed by atoms with Crippen LogP contribution < -0.4 is 3.58 Å². The van der Waals surface area contributed by atoms with E-state index in [2.05, 4.69) is 44.0 Å². The zero-order valence-corrected chi connectivity index (χ0v) is 19.4. The molecule has 26 heavy (non-hydrogen) atoms. The Labute approximate surface area is 161 Å². The van der Waals surface area contributed by atoms with Gasteiger partial charge in [0.2, 0.25) is 0 Å². The summed E-state index contributed by atoms with van der Waals surface area (Å²) in [6, 6.07) is 9.73. The number of nitrogens with zero attached hydrogens (tertiary/aromatic N) is 1. The van der Waals surface area contributed by atoms with Gasteiger partial charge in [0.1, 0.15) is 0 Å². The number of benzene rings is 1. The Balaban J connectivity index is 1.88. The van der Waals surface area contributed by atoms with Crippen molar-refractivity contribution in [3.05, 3.63) is 29.8 Å². The molecule has 0 radical (unpaired) electrons. The number of hydrogen-bond acceptors (Lipinski definition) is 3. The van der Waals surface area contributed by atoms with E-state index < -0.39 is 18.4 Å². The molecule has 2 aliphatic heterocycles. The number of hydrogen-bond donors (Lipinski definition) is 0. The number of fused-ring (bicyclic) bond motifs is 2. The van der Waals surface area contributed by atoms with Crippen LogP contribution in [0.4, 0.5) is 4.39 Å². The van der Waals surface area contributed by atoms with Crippen molar-refractivity contribution in [1.82, 2.24) is 4.90 Å². The second-order valence-electron chi connectivity index (χ2n) is 8.84. The van der Waals surface area contributed by atoms with Crippen molar-refractivity contribution in [3.8, 4) is 0 Å². The molecule has 2 aliphatic rings. The van der Waals surface area contributed by atoms with Crippen molar-refractivity contribution in [1.29, 1.82) is 0 Å². The van der Waals surface area contributed by atoms with Gasteiger partial charge >= 0.3 is 161 Å². The van der Waals surface area contributed by atoms with Gasteiger partial charge in [-0.3, -0.25) is 0 Å². The van der Waals surface area contributed by atoms with Crippen LogP contribution in [0.3, 0.4) is 0 Å². The Morgan fingerprint density at radius 3 is 2.50 bits per heavy atom. The molecule has 3 nitrogen and oxygen atoms in total. The van der Waals surface area contributed by atoms with Crippen LogP contribution in [0, 0.1) is 5.92 Å². The molecule has 0 aromatic heterocycles. The van der Waals surface area contributed by atoms with Gasteiger partial charge in [-0.25, -0.2) is 0 Å². The molecule has 2 saturated heterocycles. The van der Waals surface area contributed by atoms with Crippen LogP contribution in [0.15, 0.2) is 24.3 Å². The van der Waals surface area contributed by atoms with Crippen molar-refractivity contribution in [2.75, 3.05) is 20.3 Å². The van der Waals surface area contributed by atoms with E-state index in [1.807, 2.05) is 0 Å². The summed E-state index contributed by atoms with van der Waals surface area (Å²) >= 11 is -2.07. The average Bonchev–Trinajstić information content (AvgIpc) is 2.89. The summed E-state index contributed by atoms with van der Waals surface area (Å²) in [7, 11) is 1.49. The van der Waals surface area contributed by atoms with Crippen molar-refractivity contribution < 1.29 is 13.9 Å². The molecule has 0 aliphatic carbocycles. The molecule has 0 spiro atoms. The first-order valence-corrected chi connectivity index (χ1v) is 19.9. The molecular weight excluding hydrogens is 436 g/mol. The van der Waals surface area contributed by atoms with Crippen molar-refractivity contribution in [2.45, 2.75) is 58.5 Å². The summed E-state index contributed by atoms with van der Waals surface area (Å²) < 4.78 is 19.4. The zero-order valence-electron chi connectivity index (χ0n) is 16.5. The van der Waals surface area contributed by atoms with E-state index in [0.717, 1.165) is 25.8 Å². The Hall–Kier alpha value is -0.621. The topological polar surface area (TPSA) is 29.5 Å². The predicted molar refractivity (Wildman–Crippen MR) is 106 cm³/mol. The Bertz CT molecular complexity index is 628. The van der Waals surface area contributed by atoms with Gasteiger partial charge in [0, 0.05) is 0 Å². The molecule has 2 heterocycles. The molecular formula is C21H32FNO2Sn. The first-order chi connectivity index (χ1) is 12.4. The summed E-state index contributed by atoms with van der Waals surface area (Å²) in [6.07, 6.45) is 3.65. The van der Waals surface area contributed by atoms with Crippen molar-refractivity contribution in [2.24, 2.45) is 5.92 Å². The SMILES string of the molecule is COC(=O)[C@H]1[C@@H](c2cc[c]([Sn]([CH3])([CH3])[CH3])cc2)C[C@@H]2CC[C@H]1N2CCCF. The summed E-state index contributed by atoms with van der Waals surface area (Å²) in [5.74, 6) is -0.0298. The minimum absolute atomic E-state index is 0.107. The van der Waals surface area contributed by atoms with Crippen LogP contribution in [0.5, 0.6) is 0 Å². The normalized spacial score (nSPS) is 29.0. The average molecular weight is 468 g/mol. The molecule has 1 aromatic carbocycles. The first kappa shape index (κ1) is 20.1.